The first-order valence-corrected chi connectivity index (χ1v) is 4.65. The number of hydrogen-bond acceptors (Lipinski definition) is 3. The van der Waals surface area contributed by atoms with Gasteiger partial charge >= 0.3 is 6.18 Å². The number of halogens is 3. The molecule has 0 aliphatic rings. The number of amidine groups is 1. The third kappa shape index (κ3) is 3.35. The molecular weight excluding hydrogens is 237 g/mol. The van der Waals surface area contributed by atoms with E-state index in [9.17, 15) is 13.2 Å². The largest absolute Gasteiger partial charge is 0.490 e. The highest BCUT2D eigenvalue weighted by atomic mass is 19.4. The van der Waals surface area contributed by atoms with Crippen molar-refractivity contribution in [2.45, 2.75) is 6.18 Å². The summed E-state index contributed by atoms with van der Waals surface area (Å²) in [6.07, 6.45) is -4.50. The van der Waals surface area contributed by atoms with E-state index in [-0.39, 0.29) is 24.5 Å². The van der Waals surface area contributed by atoms with Gasteiger partial charge in [0.15, 0.2) is 0 Å². The van der Waals surface area contributed by atoms with Crippen molar-refractivity contribution in [3.63, 3.8) is 0 Å². The average molecular weight is 248 g/mol. The minimum absolute atomic E-state index is 0.0413. The van der Waals surface area contributed by atoms with E-state index < -0.39 is 17.6 Å². The lowest BCUT2D eigenvalue weighted by Crippen LogP contribution is -2.16. The average Bonchev–Trinajstić information content (AvgIpc) is 2.24. The van der Waals surface area contributed by atoms with Crippen LogP contribution >= 0.6 is 0 Å². The van der Waals surface area contributed by atoms with Crippen LogP contribution in [0.3, 0.4) is 0 Å². The molecule has 0 aliphatic heterocycles. The van der Waals surface area contributed by atoms with Gasteiger partial charge in [0, 0.05) is 0 Å². The Morgan fingerprint density at radius 3 is 2.53 bits per heavy atom. The number of nitrogens with one attached hydrogen (secondary N) is 1. The molecule has 0 fully saturated rings. The highest BCUT2D eigenvalue weighted by molar-refractivity contribution is 5.97. The van der Waals surface area contributed by atoms with Gasteiger partial charge in [0.1, 0.15) is 18.2 Å². The predicted molar refractivity (Wildman–Crippen MR) is 55.0 cm³/mol. The van der Waals surface area contributed by atoms with E-state index in [2.05, 4.69) is 0 Å². The number of nitrogen functional groups attached to an aromatic ring is 1. The summed E-state index contributed by atoms with van der Waals surface area (Å²) < 4.78 is 42.2. The number of aliphatic hydroxyl groups excluding tert-OH is 1. The second-order valence-electron chi connectivity index (χ2n) is 3.19. The Labute approximate surface area is 95.3 Å². The first-order valence-electron chi connectivity index (χ1n) is 4.65. The zero-order valence-electron chi connectivity index (χ0n) is 8.71. The molecule has 0 atom stereocenters. The molecule has 7 heteroatoms. The van der Waals surface area contributed by atoms with Crippen LogP contribution in [0.15, 0.2) is 18.2 Å². The Morgan fingerprint density at radius 2 is 2.06 bits per heavy atom. The van der Waals surface area contributed by atoms with Crippen LogP contribution in [0.1, 0.15) is 11.1 Å². The quantitative estimate of drug-likeness (QED) is 0.556. The van der Waals surface area contributed by atoms with Gasteiger partial charge < -0.3 is 15.6 Å². The fourth-order valence-corrected chi connectivity index (χ4v) is 1.20. The maximum atomic E-state index is 12.4. The standard InChI is InChI=1S/C10H11F3N2O2/c11-10(12,13)6-1-2-8(17-4-3-16)7(5-6)9(14)15/h1-2,5,16H,3-4H2,(H3,14,15). The van der Waals surface area contributed by atoms with Crippen LogP contribution in [-0.2, 0) is 6.18 Å². The lowest BCUT2D eigenvalue weighted by Gasteiger charge is -2.13. The van der Waals surface area contributed by atoms with Gasteiger partial charge in [-0.25, -0.2) is 0 Å². The Kier molecular flexibility index (Phi) is 3.95. The van der Waals surface area contributed by atoms with Crippen molar-refractivity contribution in [3.8, 4) is 5.75 Å². The molecule has 0 saturated heterocycles. The van der Waals surface area contributed by atoms with Crippen LogP contribution in [-0.4, -0.2) is 24.2 Å². The summed E-state index contributed by atoms with van der Waals surface area (Å²) in [5, 5.41) is 15.7. The number of hydrogen-bond donors (Lipinski definition) is 3. The number of alkyl halides is 3. The van der Waals surface area contributed by atoms with Crippen molar-refractivity contribution in [3.05, 3.63) is 29.3 Å². The maximum Gasteiger partial charge on any atom is 0.416 e. The van der Waals surface area contributed by atoms with E-state index in [1.807, 2.05) is 0 Å². The van der Waals surface area contributed by atoms with Crippen molar-refractivity contribution >= 4 is 5.84 Å². The van der Waals surface area contributed by atoms with Crippen molar-refractivity contribution in [2.24, 2.45) is 5.73 Å². The van der Waals surface area contributed by atoms with Crippen LogP contribution in [0.2, 0.25) is 0 Å². The van der Waals surface area contributed by atoms with E-state index in [1.54, 1.807) is 0 Å². The SMILES string of the molecule is N=C(N)c1cc(C(F)(F)F)ccc1OCCO. The Hall–Kier alpha value is -1.76. The van der Waals surface area contributed by atoms with Gasteiger partial charge in [0.2, 0.25) is 0 Å². The molecule has 17 heavy (non-hydrogen) atoms. The third-order valence-corrected chi connectivity index (χ3v) is 1.95. The second-order valence-corrected chi connectivity index (χ2v) is 3.19. The predicted octanol–water partition coefficient (Wildman–Crippen LogP) is 1.36. The maximum absolute atomic E-state index is 12.4. The summed E-state index contributed by atoms with van der Waals surface area (Å²) in [5.41, 5.74) is 4.12. The van der Waals surface area contributed by atoms with E-state index in [0.717, 1.165) is 18.2 Å². The Morgan fingerprint density at radius 1 is 1.41 bits per heavy atom. The lowest BCUT2D eigenvalue weighted by atomic mass is 10.1. The first-order chi connectivity index (χ1) is 7.86. The number of benzene rings is 1. The zero-order chi connectivity index (χ0) is 13.1. The van der Waals surface area contributed by atoms with Crippen LogP contribution in [0.5, 0.6) is 5.75 Å². The van der Waals surface area contributed by atoms with Crippen LogP contribution in [0, 0.1) is 5.41 Å². The fourth-order valence-electron chi connectivity index (χ4n) is 1.20. The molecule has 1 aromatic carbocycles. The van der Waals surface area contributed by atoms with Gasteiger partial charge in [-0.2, -0.15) is 13.2 Å². The normalized spacial score (nSPS) is 11.3. The molecule has 0 aromatic heterocycles. The molecule has 4 N–H and O–H groups in total. The lowest BCUT2D eigenvalue weighted by molar-refractivity contribution is -0.137. The molecule has 0 saturated carbocycles. The molecule has 0 spiro atoms. The molecule has 0 radical (unpaired) electrons. The molecule has 0 aliphatic carbocycles. The van der Waals surface area contributed by atoms with Crippen LogP contribution in [0.4, 0.5) is 13.2 Å². The Bertz CT molecular complexity index is 419. The smallest absolute Gasteiger partial charge is 0.416 e. The van der Waals surface area contributed by atoms with Gasteiger partial charge in [-0.15, -0.1) is 0 Å². The highest BCUT2D eigenvalue weighted by Gasteiger charge is 2.31. The van der Waals surface area contributed by atoms with E-state index in [0.29, 0.717) is 0 Å². The van der Waals surface area contributed by atoms with Crippen molar-refractivity contribution < 1.29 is 23.0 Å². The van der Waals surface area contributed by atoms with Crippen molar-refractivity contribution in [2.75, 3.05) is 13.2 Å². The van der Waals surface area contributed by atoms with Gasteiger partial charge in [0.05, 0.1) is 17.7 Å². The van der Waals surface area contributed by atoms with Crippen molar-refractivity contribution in [1.82, 2.24) is 0 Å². The van der Waals surface area contributed by atoms with Crippen molar-refractivity contribution in [1.29, 1.82) is 5.41 Å². The monoisotopic (exact) mass is 248 g/mol. The fraction of sp³-hybridized carbons (Fsp3) is 0.300. The number of nitrogens with two attached hydrogens (primary N) is 1. The molecule has 1 aromatic rings. The Balaban J connectivity index is 3.13. The van der Waals surface area contributed by atoms with Crippen LogP contribution in [0.25, 0.3) is 0 Å². The molecule has 1 rings (SSSR count). The number of aliphatic hydroxyl groups is 1. The summed E-state index contributed by atoms with van der Waals surface area (Å²) in [4.78, 5) is 0. The topological polar surface area (TPSA) is 79.3 Å². The summed E-state index contributed by atoms with van der Waals surface area (Å²) in [5.74, 6) is -0.483. The minimum atomic E-state index is -4.50. The van der Waals surface area contributed by atoms with E-state index in [4.69, 9.17) is 21.0 Å². The molecule has 4 nitrogen and oxygen atoms in total. The summed E-state index contributed by atoms with van der Waals surface area (Å²) in [6.45, 7) is -0.357. The molecule has 0 bridgehead atoms. The summed E-state index contributed by atoms with van der Waals surface area (Å²) in [7, 11) is 0. The van der Waals surface area contributed by atoms with E-state index >= 15 is 0 Å². The number of ether oxygens (including phenoxy) is 1. The highest BCUT2D eigenvalue weighted by Crippen LogP contribution is 2.32. The van der Waals surface area contributed by atoms with Crippen LogP contribution < -0.4 is 10.5 Å². The van der Waals surface area contributed by atoms with Gasteiger partial charge in [-0.3, -0.25) is 5.41 Å². The zero-order valence-corrected chi connectivity index (χ0v) is 8.71. The summed E-state index contributed by atoms with van der Waals surface area (Å²) >= 11 is 0. The summed E-state index contributed by atoms with van der Waals surface area (Å²) in [6, 6.07) is 2.66. The van der Waals surface area contributed by atoms with Gasteiger partial charge in [-0.05, 0) is 18.2 Å². The minimum Gasteiger partial charge on any atom is -0.490 e. The first kappa shape index (κ1) is 13.3. The third-order valence-electron chi connectivity index (χ3n) is 1.95. The second kappa shape index (κ2) is 5.05. The van der Waals surface area contributed by atoms with Gasteiger partial charge in [-0.1, -0.05) is 0 Å². The molecule has 0 amide bonds. The molecular formula is C10H11F3N2O2. The molecule has 94 valence electrons. The number of rotatable bonds is 4. The van der Waals surface area contributed by atoms with Gasteiger partial charge in [0.25, 0.3) is 0 Å². The molecule has 0 heterocycles. The van der Waals surface area contributed by atoms with E-state index in [1.165, 1.54) is 0 Å². The molecule has 0 unspecified atom stereocenters.